The van der Waals surface area contributed by atoms with E-state index in [9.17, 15) is 5.21 Å². The molecule has 0 radical (unpaired) electrons. The van der Waals surface area contributed by atoms with Crippen molar-refractivity contribution < 1.29 is 10.4 Å². The smallest absolute Gasteiger partial charge is 0.212 e. The SMILES string of the molecule is CC=C[C@@H]1Nn2c(nnc2-c2ccc([NH+]([O-])O)cc2)S1. The molecule has 0 saturated carbocycles. The van der Waals surface area contributed by atoms with Gasteiger partial charge in [0, 0.05) is 17.7 Å². The van der Waals surface area contributed by atoms with Gasteiger partial charge in [0.2, 0.25) is 5.16 Å². The highest BCUT2D eigenvalue weighted by atomic mass is 32.2. The summed E-state index contributed by atoms with van der Waals surface area (Å²) in [5, 5.41) is 28.0. The van der Waals surface area contributed by atoms with Gasteiger partial charge in [-0.3, -0.25) is 0 Å². The van der Waals surface area contributed by atoms with Crippen molar-refractivity contribution in [2.45, 2.75) is 17.5 Å². The van der Waals surface area contributed by atoms with E-state index >= 15 is 0 Å². The van der Waals surface area contributed by atoms with Gasteiger partial charge in [-0.25, -0.2) is 9.88 Å². The molecule has 2 atom stereocenters. The predicted octanol–water partition coefficient (Wildman–Crippen LogP) is 0.900. The molecular formula is C12H13N5O2S. The van der Waals surface area contributed by atoms with Crippen molar-refractivity contribution in [3.05, 3.63) is 41.6 Å². The first-order valence-corrected chi connectivity index (χ1v) is 6.92. The number of hydrogen-bond donors (Lipinski definition) is 3. The van der Waals surface area contributed by atoms with Crippen molar-refractivity contribution in [1.82, 2.24) is 14.9 Å². The maximum absolute atomic E-state index is 10.8. The second-order valence-corrected chi connectivity index (χ2v) is 5.33. The summed E-state index contributed by atoms with van der Waals surface area (Å²) in [4.78, 5) is 0. The number of benzene rings is 1. The number of fused-ring (bicyclic) bond motifs is 1. The minimum atomic E-state index is -0.940. The molecule has 20 heavy (non-hydrogen) atoms. The summed E-state index contributed by atoms with van der Waals surface area (Å²) in [6, 6.07) is 6.59. The topological polar surface area (TPSA) is 90.5 Å². The minimum Gasteiger partial charge on any atom is -0.595 e. The zero-order chi connectivity index (χ0) is 14.1. The Hall–Kier alpha value is -1.87. The van der Waals surface area contributed by atoms with Gasteiger partial charge in [0.15, 0.2) is 11.5 Å². The molecule has 1 unspecified atom stereocenters. The van der Waals surface area contributed by atoms with Crippen molar-refractivity contribution >= 4 is 17.4 Å². The standard InChI is InChI=1S/C12H13N5O2S/c1-2-3-10-15-16-11(13-14-12(16)20-10)8-4-6-9(7-5-8)17(18)19/h2-7,10,15,17-18H,1H3/t10-/m1/s1. The van der Waals surface area contributed by atoms with Crippen molar-refractivity contribution in [3.63, 3.8) is 0 Å². The zero-order valence-electron chi connectivity index (χ0n) is 10.6. The van der Waals surface area contributed by atoms with E-state index in [1.54, 1.807) is 36.0 Å². The van der Waals surface area contributed by atoms with E-state index in [1.807, 2.05) is 23.8 Å². The largest absolute Gasteiger partial charge is 0.595 e. The number of nitrogens with one attached hydrogen (secondary N) is 2. The Labute approximate surface area is 119 Å². The predicted molar refractivity (Wildman–Crippen MR) is 75.1 cm³/mol. The molecule has 3 N–H and O–H groups in total. The second-order valence-electron chi connectivity index (χ2n) is 4.22. The Balaban J connectivity index is 1.90. The lowest BCUT2D eigenvalue weighted by Crippen LogP contribution is -2.99. The average Bonchev–Trinajstić information content (AvgIpc) is 2.99. The molecule has 1 aliphatic rings. The van der Waals surface area contributed by atoms with Gasteiger partial charge >= 0.3 is 0 Å². The second kappa shape index (κ2) is 5.25. The van der Waals surface area contributed by atoms with Crippen molar-refractivity contribution in [2.24, 2.45) is 0 Å². The third kappa shape index (κ3) is 2.29. The highest BCUT2D eigenvalue weighted by Crippen LogP contribution is 2.31. The van der Waals surface area contributed by atoms with Gasteiger partial charge in [-0.05, 0) is 19.1 Å². The molecule has 2 heterocycles. The number of hydrogen-bond acceptors (Lipinski definition) is 6. The molecule has 1 aliphatic heterocycles. The minimum absolute atomic E-state index is 0.141. The van der Waals surface area contributed by atoms with Crippen LogP contribution in [0.1, 0.15) is 6.92 Å². The third-order valence-corrected chi connectivity index (χ3v) is 3.87. The van der Waals surface area contributed by atoms with E-state index in [1.165, 1.54) is 0 Å². The summed E-state index contributed by atoms with van der Waals surface area (Å²) in [6.07, 6.45) is 4.02. The fourth-order valence-corrected chi connectivity index (χ4v) is 2.89. The van der Waals surface area contributed by atoms with Gasteiger partial charge in [-0.2, -0.15) is 5.23 Å². The van der Waals surface area contributed by atoms with Crippen LogP contribution in [0.2, 0.25) is 0 Å². The molecule has 3 rings (SSSR count). The average molecular weight is 291 g/mol. The van der Waals surface area contributed by atoms with Crippen LogP contribution in [-0.4, -0.2) is 25.5 Å². The van der Waals surface area contributed by atoms with Gasteiger partial charge in [0.1, 0.15) is 5.37 Å². The molecule has 104 valence electrons. The quantitative estimate of drug-likeness (QED) is 0.575. The molecule has 0 saturated heterocycles. The summed E-state index contributed by atoms with van der Waals surface area (Å²) < 4.78 is 1.82. The maximum atomic E-state index is 10.8. The Morgan fingerprint density at radius 1 is 1.40 bits per heavy atom. The molecule has 0 bridgehead atoms. The van der Waals surface area contributed by atoms with Crippen LogP contribution in [-0.2, 0) is 0 Å². The Kier molecular flexibility index (Phi) is 3.45. The Morgan fingerprint density at radius 2 is 2.15 bits per heavy atom. The monoisotopic (exact) mass is 291 g/mol. The van der Waals surface area contributed by atoms with E-state index < -0.39 is 5.23 Å². The van der Waals surface area contributed by atoms with E-state index in [4.69, 9.17) is 5.21 Å². The molecule has 0 aliphatic carbocycles. The van der Waals surface area contributed by atoms with Crippen molar-refractivity contribution in [3.8, 4) is 11.4 Å². The van der Waals surface area contributed by atoms with Crippen LogP contribution in [0, 0.1) is 5.21 Å². The van der Waals surface area contributed by atoms with Crippen LogP contribution in [0.3, 0.4) is 0 Å². The summed E-state index contributed by atoms with van der Waals surface area (Å²) in [5.74, 6) is 0.677. The lowest BCUT2D eigenvalue weighted by Gasteiger charge is -2.12. The van der Waals surface area contributed by atoms with E-state index in [0.717, 1.165) is 10.7 Å². The molecule has 0 spiro atoms. The molecule has 8 heteroatoms. The number of rotatable bonds is 3. The molecule has 0 fully saturated rings. The van der Waals surface area contributed by atoms with Crippen LogP contribution in [0.15, 0.2) is 41.6 Å². The Bertz CT molecular complexity index is 638. The number of nitrogens with zero attached hydrogens (tertiary/aromatic N) is 3. The molecule has 7 nitrogen and oxygen atoms in total. The van der Waals surface area contributed by atoms with E-state index in [-0.39, 0.29) is 11.1 Å². The summed E-state index contributed by atoms with van der Waals surface area (Å²) >= 11 is 1.58. The summed E-state index contributed by atoms with van der Waals surface area (Å²) in [7, 11) is 0. The molecule has 1 aromatic heterocycles. The van der Waals surface area contributed by atoms with Crippen LogP contribution in [0.25, 0.3) is 11.4 Å². The number of thioether (sulfide) groups is 1. The maximum Gasteiger partial charge on any atom is 0.212 e. The zero-order valence-corrected chi connectivity index (χ0v) is 11.5. The number of allylic oxidation sites excluding steroid dienone is 1. The fourth-order valence-electron chi connectivity index (χ4n) is 1.94. The molecular weight excluding hydrogens is 278 g/mol. The molecule has 1 aromatic carbocycles. The van der Waals surface area contributed by atoms with Gasteiger partial charge in [-0.15, -0.1) is 10.2 Å². The van der Waals surface area contributed by atoms with Crippen molar-refractivity contribution in [2.75, 3.05) is 5.43 Å². The summed E-state index contributed by atoms with van der Waals surface area (Å²) in [5.41, 5.74) is 4.35. The van der Waals surface area contributed by atoms with Gasteiger partial charge in [-0.1, -0.05) is 23.9 Å². The van der Waals surface area contributed by atoms with Gasteiger partial charge in [0.25, 0.3) is 0 Å². The van der Waals surface area contributed by atoms with Crippen LogP contribution in [0.5, 0.6) is 0 Å². The normalized spacial score (nSPS) is 19.1. The first-order chi connectivity index (χ1) is 9.69. The number of aromatic nitrogens is 3. The van der Waals surface area contributed by atoms with Crippen LogP contribution in [0.4, 0.5) is 5.69 Å². The van der Waals surface area contributed by atoms with E-state index in [0.29, 0.717) is 5.82 Å². The first-order valence-electron chi connectivity index (χ1n) is 6.04. The van der Waals surface area contributed by atoms with Crippen LogP contribution >= 0.6 is 11.8 Å². The van der Waals surface area contributed by atoms with Gasteiger partial charge in [0.05, 0.1) is 0 Å². The number of quaternary nitrogens is 1. The third-order valence-electron chi connectivity index (χ3n) is 2.88. The van der Waals surface area contributed by atoms with E-state index in [2.05, 4.69) is 15.6 Å². The molecule has 2 aromatic rings. The molecule has 0 amide bonds. The lowest BCUT2D eigenvalue weighted by atomic mass is 10.2. The first kappa shape index (κ1) is 13.1. The lowest BCUT2D eigenvalue weighted by molar-refractivity contribution is -0.991. The van der Waals surface area contributed by atoms with Gasteiger partial charge < -0.3 is 10.6 Å². The fraction of sp³-hybridized carbons (Fsp3) is 0.167. The summed E-state index contributed by atoms with van der Waals surface area (Å²) in [6.45, 7) is 1.97. The highest BCUT2D eigenvalue weighted by molar-refractivity contribution is 8.00. The van der Waals surface area contributed by atoms with Crippen molar-refractivity contribution in [1.29, 1.82) is 0 Å². The van der Waals surface area contributed by atoms with Crippen LogP contribution < -0.4 is 10.7 Å². The highest BCUT2D eigenvalue weighted by Gasteiger charge is 2.25. The Morgan fingerprint density at radius 3 is 2.80 bits per heavy atom.